The molecule has 1 aromatic rings. The molecule has 1 aromatic carbocycles. The minimum absolute atomic E-state index is 0.147. The van der Waals surface area contributed by atoms with Gasteiger partial charge in [-0.1, -0.05) is 19.1 Å². The topological polar surface area (TPSA) is 49.3 Å². The Morgan fingerprint density at radius 2 is 2.06 bits per heavy atom. The molecule has 1 heterocycles. The number of aromatic hydroxyl groups is 1. The Kier molecular flexibility index (Phi) is 3.25. The number of hydrogen-bond acceptors (Lipinski definition) is 3. The number of hydrogen-bond donors (Lipinski definition) is 2. The third-order valence-corrected chi connectivity index (χ3v) is 3.25. The minimum atomic E-state index is 0.147. The van der Waals surface area contributed by atoms with Gasteiger partial charge in [-0.05, 0) is 30.2 Å². The molecule has 0 amide bonds. The lowest BCUT2D eigenvalue weighted by Gasteiger charge is -2.12. The van der Waals surface area contributed by atoms with Crippen molar-refractivity contribution in [1.82, 2.24) is 5.32 Å². The molecule has 86 valence electrons. The summed E-state index contributed by atoms with van der Waals surface area (Å²) in [5.74, 6) is 1.12. The zero-order chi connectivity index (χ0) is 11.5. The zero-order valence-corrected chi connectivity index (χ0v) is 9.44. The molecule has 1 aliphatic heterocycles. The molecule has 0 radical (unpaired) electrons. The summed E-state index contributed by atoms with van der Waals surface area (Å²) in [6, 6.07) is 6.86. The number of carbonyl (C=O) groups excluding carboxylic acids is 1. The van der Waals surface area contributed by atoms with E-state index in [9.17, 15) is 4.79 Å². The van der Waals surface area contributed by atoms with Crippen LogP contribution >= 0.6 is 0 Å². The Balaban J connectivity index is 1.99. The maximum atomic E-state index is 12.0. The van der Waals surface area contributed by atoms with Gasteiger partial charge in [0.05, 0.1) is 0 Å². The van der Waals surface area contributed by atoms with Gasteiger partial charge < -0.3 is 10.4 Å². The van der Waals surface area contributed by atoms with Crippen LogP contribution in [0.1, 0.15) is 12.5 Å². The molecular formula is C13H17NO2. The molecule has 0 bridgehead atoms. The average Bonchev–Trinajstić information content (AvgIpc) is 2.68. The standard InChI is InChI=1S/C13H17NO2/c1-9-7-14-8-12(9)13(16)6-10-2-4-11(15)5-3-10/h2-5,9,12,14-15H,6-8H2,1H3. The maximum absolute atomic E-state index is 12.0. The highest BCUT2D eigenvalue weighted by Crippen LogP contribution is 2.19. The second-order valence-electron chi connectivity index (χ2n) is 4.55. The molecule has 2 rings (SSSR count). The van der Waals surface area contributed by atoms with E-state index in [4.69, 9.17) is 5.11 Å². The first-order valence-electron chi connectivity index (χ1n) is 5.68. The predicted molar refractivity (Wildman–Crippen MR) is 62.3 cm³/mol. The molecule has 0 aromatic heterocycles. The van der Waals surface area contributed by atoms with E-state index in [1.165, 1.54) is 0 Å². The Morgan fingerprint density at radius 3 is 2.62 bits per heavy atom. The number of phenolic OH excluding ortho intramolecular Hbond substituents is 1. The van der Waals surface area contributed by atoms with E-state index >= 15 is 0 Å². The monoisotopic (exact) mass is 219 g/mol. The second-order valence-corrected chi connectivity index (χ2v) is 4.55. The number of ketones is 1. The molecule has 0 spiro atoms. The quantitative estimate of drug-likeness (QED) is 0.807. The maximum Gasteiger partial charge on any atom is 0.141 e. The molecule has 1 fully saturated rings. The van der Waals surface area contributed by atoms with Gasteiger partial charge in [-0.3, -0.25) is 4.79 Å². The lowest BCUT2D eigenvalue weighted by molar-refractivity contribution is -0.122. The normalized spacial score (nSPS) is 24.6. The fraction of sp³-hybridized carbons (Fsp3) is 0.462. The Hall–Kier alpha value is -1.35. The third kappa shape index (κ3) is 2.42. The number of benzene rings is 1. The van der Waals surface area contributed by atoms with Crippen LogP contribution in [0.5, 0.6) is 5.75 Å². The van der Waals surface area contributed by atoms with E-state index in [1.807, 2.05) is 0 Å². The molecule has 16 heavy (non-hydrogen) atoms. The van der Waals surface area contributed by atoms with Gasteiger partial charge in [0.2, 0.25) is 0 Å². The summed E-state index contributed by atoms with van der Waals surface area (Å²) in [6.45, 7) is 3.85. The molecule has 3 nitrogen and oxygen atoms in total. The number of Topliss-reactive ketones (excluding diaryl/α,β-unsaturated/α-hetero) is 1. The van der Waals surface area contributed by atoms with E-state index in [2.05, 4.69) is 12.2 Å². The first kappa shape index (κ1) is 11.1. The van der Waals surface area contributed by atoms with Crippen molar-refractivity contribution >= 4 is 5.78 Å². The van der Waals surface area contributed by atoms with Crippen LogP contribution in [0.25, 0.3) is 0 Å². The molecule has 3 heteroatoms. The van der Waals surface area contributed by atoms with E-state index in [1.54, 1.807) is 24.3 Å². The van der Waals surface area contributed by atoms with Crippen molar-refractivity contribution in [2.75, 3.05) is 13.1 Å². The molecule has 1 saturated heterocycles. The lowest BCUT2D eigenvalue weighted by Crippen LogP contribution is -2.23. The van der Waals surface area contributed by atoms with E-state index in [0.29, 0.717) is 18.1 Å². The predicted octanol–water partition coefficient (Wildman–Crippen LogP) is 1.36. The molecule has 0 saturated carbocycles. The molecule has 2 N–H and O–H groups in total. The summed E-state index contributed by atoms with van der Waals surface area (Å²) in [6.07, 6.45) is 0.469. The molecular weight excluding hydrogens is 202 g/mol. The first-order chi connectivity index (χ1) is 7.66. The van der Waals surface area contributed by atoms with Gasteiger partial charge in [-0.2, -0.15) is 0 Å². The van der Waals surface area contributed by atoms with E-state index in [-0.39, 0.29) is 11.7 Å². The average molecular weight is 219 g/mol. The molecule has 2 unspecified atom stereocenters. The number of phenols is 1. The van der Waals surface area contributed by atoms with Crippen molar-refractivity contribution < 1.29 is 9.90 Å². The Morgan fingerprint density at radius 1 is 1.38 bits per heavy atom. The summed E-state index contributed by atoms with van der Waals surface area (Å²) in [4.78, 5) is 12.0. The van der Waals surface area contributed by atoms with Crippen LogP contribution in [0.3, 0.4) is 0 Å². The van der Waals surface area contributed by atoms with Crippen LogP contribution in [0.15, 0.2) is 24.3 Å². The Bertz CT molecular complexity index is 372. The lowest BCUT2D eigenvalue weighted by atomic mass is 9.90. The van der Waals surface area contributed by atoms with Crippen LogP contribution in [0.4, 0.5) is 0 Å². The number of nitrogens with one attached hydrogen (secondary N) is 1. The molecule has 0 aliphatic carbocycles. The summed E-state index contributed by atoms with van der Waals surface area (Å²) in [5.41, 5.74) is 0.974. The van der Waals surface area contributed by atoms with Gasteiger partial charge in [-0.15, -0.1) is 0 Å². The van der Waals surface area contributed by atoms with Gasteiger partial charge >= 0.3 is 0 Å². The fourth-order valence-electron chi connectivity index (χ4n) is 2.19. The van der Waals surface area contributed by atoms with Crippen molar-refractivity contribution in [2.24, 2.45) is 11.8 Å². The van der Waals surface area contributed by atoms with Gasteiger partial charge in [-0.25, -0.2) is 0 Å². The van der Waals surface area contributed by atoms with E-state index < -0.39 is 0 Å². The van der Waals surface area contributed by atoms with Crippen molar-refractivity contribution in [1.29, 1.82) is 0 Å². The second kappa shape index (κ2) is 4.66. The van der Waals surface area contributed by atoms with Crippen LogP contribution in [-0.4, -0.2) is 24.0 Å². The highest BCUT2D eigenvalue weighted by Gasteiger charge is 2.28. The van der Waals surface area contributed by atoms with Gasteiger partial charge in [0.1, 0.15) is 11.5 Å². The van der Waals surface area contributed by atoms with Gasteiger partial charge in [0.15, 0.2) is 0 Å². The highest BCUT2D eigenvalue weighted by atomic mass is 16.3. The summed E-state index contributed by atoms with van der Waals surface area (Å²) < 4.78 is 0. The number of carbonyl (C=O) groups is 1. The third-order valence-electron chi connectivity index (χ3n) is 3.25. The first-order valence-corrected chi connectivity index (χ1v) is 5.68. The smallest absolute Gasteiger partial charge is 0.141 e. The Labute approximate surface area is 95.5 Å². The van der Waals surface area contributed by atoms with Crippen LogP contribution in [0.2, 0.25) is 0 Å². The zero-order valence-electron chi connectivity index (χ0n) is 9.44. The number of rotatable bonds is 3. The van der Waals surface area contributed by atoms with Crippen molar-refractivity contribution in [3.8, 4) is 5.75 Å². The van der Waals surface area contributed by atoms with Gasteiger partial charge in [0.25, 0.3) is 0 Å². The summed E-state index contributed by atoms with van der Waals surface area (Å²) in [5, 5.41) is 12.4. The van der Waals surface area contributed by atoms with Crippen LogP contribution < -0.4 is 5.32 Å². The fourth-order valence-corrected chi connectivity index (χ4v) is 2.19. The molecule has 1 aliphatic rings. The van der Waals surface area contributed by atoms with Crippen LogP contribution in [0, 0.1) is 11.8 Å². The highest BCUT2D eigenvalue weighted by molar-refractivity contribution is 5.84. The largest absolute Gasteiger partial charge is 0.508 e. The minimum Gasteiger partial charge on any atom is -0.508 e. The summed E-state index contributed by atoms with van der Waals surface area (Å²) >= 11 is 0. The van der Waals surface area contributed by atoms with E-state index in [0.717, 1.165) is 18.7 Å². The van der Waals surface area contributed by atoms with Gasteiger partial charge in [0, 0.05) is 18.9 Å². The van der Waals surface area contributed by atoms with Crippen LogP contribution in [-0.2, 0) is 11.2 Å². The van der Waals surface area contributed by atoms with Crippen molar-refractivity contribution in [2.45, 2.75) is 13.3 Å². The summed E-state index contributed by atoms with van der Waals surface area (Å²) in [7, 11) is 0. The SMILES string of the molecule is CC1CNCC1C(=O)Cc1ccc(O)cc1. The van der Waals surface area contributed by atoms with Crippen molar-refractivity contribution in [3.05, 3.63) is 29.8 Å². The molecule has 2 atom stereocenters. The van der Waals surface area contributed by atoms with Crippen molar-refractivity contribution in [3.63, 3.8) is 0 Å².